The van der Waals surface area contributed by atoms with E-state index in [0.717, 1.165) is 6.07 Å². The zero-order chi connectivity index (χ0) is 14.7. The second kappa shape index (κ2) is 5.71. The highest BCUT2D eigenvalue weighted by molar-refractivity contribution is 6.30. The van der Waals surface area contributed by atoms with Gasteiger partial charge in [0.2, 0.25) is 0 Å². The molecule has 0 saturated carbocycles. The summed E-state index contributed by atoms with van der Waals surface area (Å²) in [6.07, 6.45) is 0. The number of benzene rings is 2. The number of hydrogen-bond donors (Lipinski definition) is 2. The van der Waals surface area contributed by atoms with Crippen LogP contribution in [0.3, 0.4) is 0 Å². The van der Waals surface area contributed by atoms with E-state index in [4.69, 9.17) is 16.7 Å². The van der Waals surface area contributed by atoms with Gasteiger partial charge in [0, 0.05) is 11.3 Å². The average Bonchev–Trinajstić information content (AvgIpc) is 2.43. The predicted octanol–water partition coefficient (Wildman–Crippen LogP) is 3.43. The minimum Gasteiger partial charge on any atom is -0.478 e. The molecule has 2 rings (SSSR count). The van der Waals surface area contributed by atoms with E-state index in [9.17, 15) is 14.0 Å². The van der Waals surface area contributed by atoms with Crippen LogP contribution in [-0.2, 0) is 0 Å². The summed E-state index contributed by atoms with van der Waals surface area (Å²) < 4.78 is 13.2. The maximum absolute atomic E-state index is 13.2. The van der Waals surface area contributed by atoms with Crippen molar-refractivity contribution in [1.82, 2.24) is 0 Å². The standard InChI is InChI=1S/C14H9ClFNO3/c15-11-6-5-10(7-12(11)16)17-13(18)8-1-3-9(4-2-8)14(19)20/h1-7H,(H,17,18)(H,19,20). The number of aromatic carboxylic acids is 1. The van der Waals surface area contributed by atoms with Crippen LogP contribution in [-0.4, -0.2) is 17.0 Å². The van der Waals surface area contributed by atoms with Gasteiger partial charge in [-0.2, -0.15) is 0 Å². The minimum atomic E-state index is -1.07. The number of carbonyl (C=O) groups is 2. The van der Waals surface area contributed by atoms with Gasteiger partial charge in [-0.05, 0) is 42.5 Å². The molecule has 20 heavy (non-hydrogen) atoms. The first-order chi connectivity index (χ1) is 9.47. The van der Waals surface area contributed by atoms with E-state index in [1.807, 2.05) is 0 Å². The molecule has 0 atom stereocenters. The van der Waals surface area contributed by atoms with E-state index in [1.165, 1.54) is 36.4 Å². The highest BCUT2D eigenvalue weighted by Gasteiger charge is 2.09. The van der Waals surface area contributed by atoms with Crippen LogP contribution in [0.2, 0.25) is 5.02 Å². The third-order valence-electron chi connectivity index (χ3n) is 2.57. The summed E-state index contributed by atoms with van der Waals surface area (Å²) in [7, 11) is 0. The number of hydrogen-bond acceptors (Lipinski definition) is 2. The number of anilines is 1. The number of halogens is 2. The van der Waals surface area contributed by atoms with E-state index in [0.29, 0.717) is 0 Å². The molecule has 0 spiro atoms. The van der Waals surface area contributed by atoms with Crippen molar-refractivity contribution in [2.45, 2.75) is 0 Å². The Kier molecular flexibility index (Phi) is 4.00. The summed E-state index contributed by atoms with van der Waals surface area (Å²) in [6.45, 7) is 0. The van der Waals surface area contributed by atoms with Crippen LogP contribution in [0.1, 0.15) is 20.7 Å². The quantitative estimate of drug-likeness (QED) is 0.911. The molecule has 0 aromatic heterocycles. The fourth-order valence-corrected chi connectivity index (χ4v) is 1.66. The van der Waals surface area contributed by atoms with E-state index in [2.05, 4.69) is 5.32 Å². The Bertz CT molecular complexity index is 671. The van der Waals surface area contributed by atoms with Crippen LogP contribution in [0.15, 0.2) is 42.5 Å². The molecule has 0 saturated heterocycles. The molecule has 0 radical (unpaired) electrons. The van der Waals surface area contributed by atoms with Crippen molar-refractivity contribution in [3.8, 4) is 0 Å². The zero-order valence-corrected chi connectivity index (χ0v) is 10.8. The van der Waals surface area contributed by atoms with Gasteiger partial charge >= 0.3 is 5.97 Å². The number of nitrogens with one attached hydrogen (secondary N) is 1. The van der Waals surface area contributed by atoms with Crippen molar-refractivity contribution in [3.63, 3.8) is 0 Å². The van der Waals surface area contributed by atoms with Crippen LogP contribution in [0, 0.1) is 5.82 Å². The molecule has 0 aliphatic heterocycles. The molecule has 102 valence electrons. The Hall–Kier alpha value is -2.40. The second-order valence-corrected chi connectivity index (χ2v) is 4.37. The Morgan fingerprint density at radius 1 is 1.05 bits per heavy atom. The van der Waals surface area contributed by atoms with Gasteiger partial charge in [0.05, 0.1) is 10.6 Å². The molecule has 0 bridgehead atoms. The molecule has 0 aliphatic carbocycles. The molecule has 0 unspecified atom stereocenters. The van der Waals surface area contributed by atoms with Gasteiger partial charge in [0.15, 0.2) is 0 Å². The number of carboxylic acids is 1. The van der Waals surface area contributed by atoms with Crippen LogP contribution in [0.4, 0.5) is 10.1 Å². The predicted molar refractivity (Wildman–Crippen MR) is 72.8 cm³/mol. The van der Waals surface area contributed by atoms with Crippen LogP contribution in [0.25, 0.3) is 0 Å². The van der Waals surface area contributed by atoms with Crippen LogP contribution >= 0.6 is 11.6 Å². The maximum Gasteiger partial charge on any atom is 0.335 e. The average molecular weight is 294 g/mol. The van der Waals surface area contributed by atoms with Crippen molar-refractivity contribution in [2.24, 2.45) is 0 Å². The Labute approximate surface area is 118 Å². The van der Waals surface area contributed by atoms with Crippen molar-refractivity contribution < 1.29 is 19.1 Å². The van der Waals surface area contributed by atoms with Gasteiger partial charge in [0.1, 0.15) is 5.82 Å². The maximum atomic E-state index is 13.2. The Morgan fingerprint density at radius 2 is 1.65 bits per heavy atom. The highest BCUT2D eigenvalue weighted by Crippen LogP contribution is 2.19. The molecule has 2 aromatic rings. The third kappa shape index (κ3) is 3.13. The number of carbonyl (C=O) groups excluding carboxylic acids is 1. The first kappa shape index (κ1) is 14.0. The van der Waals surface area contributed by atoms with E-state index in [1.54, 1.807) is 0 Å². The molecule has 1 amide bonds. The lowest BCUT2D eigenvalue weighted by atomic mass is 10.1. The lowest BCUT2D eigenvalue weighted by Gasteiger charge is -2.06. The summed E-state index contributed by atoms with van der Waals surface area (Å²) in [5.41, 5.74) is 0.614. The first-order valence-corrected chi connectivity index (χ1v) is 5.95. The molecule has 0 fully saturated rings. The molecule has 2 aromatic carbocycles. The van der Waals surface area contributed by atoms with Crippen molar-refractivity contribution in [2.75, 3.05) is 5.32 Å². The fourth-order valence-electron chi connectivity index (χ4n) is 1.54. The van der Waals surface area contributed by atoms with Crippen molar-refractivity contribution in [1.29, 1.82) is 0 Å². The van der Waals surface area contributed by atoms with Gasteiger partial charge in [-0.3, -0.25) is 4.79 Å². The highest BCUT2D eigenvalue weighted by atomic mass is 35.5. The van der Waals surface area contributed by atoms with Gasteiger partial charge in [0.25, 0.3) is 5.91 Å². The minimum absolute atomic E-state index is 0.0335. The lowest BCUT2D eigenvalue weighted by Crippen LogP contribution is -2.12. The molecular formula is C14H9ClFNO3. The normalized spacial score (nSPS) is 10.1. The molecule has 0 heterocycles. The Morgan fingerprint density at radius 3 is 2.20 bits per heavy atom. The summed E-state index contributed by atoms with van der Waals surface area (Å²) in [4.78, 5) is 22.6. The molecule has 2 N–H and O–H groups in total. The number of rotatable bonds is 3. The second-order valence-electron chi connectivity index (χ2n) is 3.97. The lowest BCUT2D eigenvalue weighted by molar-refractivity contribution is 0.0696. The number of amides is 1. The monoisotopic (exact) mass is 293 g/mol. The third-order valence-corrected chi connectivity index (χ3v) is 2.88. The van der Waals surface area contributed by atoms with Crippen molar-refractivity contribution in [3.05, 3.63) is 64.4 Å². The van der Waals surface area contributed by atoms with Crippen LogP contribution in [0.5, 0.6) is 0 Å². The summed E-state index contributed by atoms with van der Waals surface area (Å²) in [5.74, 6) is -2.17. The molecule has 6 heteroatoms. The smallest absolute Gasteiger partial charge is 0.335 e. The zero-order valence-electron chi connectivity index (χ0n) is 10.1. The fraction of sp³-hybridized carbons (Fsp3) is 0. The summed E-state index contributed by atoms with van der Waals surface area (Å²) >= 11 is 5.54. The first-order valence-electron chi connectivity index (χ1n) is 5.57. The van der Waals surface area contributed by atoms with Gasteiger partial charge in [-0.1, -0.05) is 11.6 Å². The van der Waals surface area contributed by atoms with Gasteiger partial charge in [-0.25, -0.2) is 9.18 Å². The largest absolute Gasteiger partial charge is 0.478 e. The van der Waals surface area contributed by atoms with Crippen LogP contribution < -0.4 is 5.32 Å². The molecule has 4 nitrogen and oxygen atoms in total. The molecular weight excluding hydrogens is 285 g/mol. The van der Waals surface area contributed by atoms with E-state index in [-0.39, 0.29) is 21.8 Å². The summed E-state index contributed by atoms with van der Waals surface area (Å²) in [5, 5.41) is 11.2. The van der Waals surface area contributed by atoms with Crippen molar-refractivity contribution >= 4 is 29.2 Å². The van der Waals surface area contributed by atoms with Gasteiger partial charge < -0.3 is 10.4 Å². The Balaban J connectivity index is 2.15. The SMILES string of the molecule is O=C(O)c1ccc(C(=O)Nc2ccc(Cl)c(F)c2)cc1. The van der Waals surface area contributed by atoms with E-state index >= 15 is 0 Å². The topological polar surface area (TPSA) is 66.4 Å². The molecule has 0 aliphatic rings. The number of carboxylic acid groups (broad SMARTS) is 1. The van der Waals surface area contributed by atoms with E-state index < -0.39 is 17.7 Å². The van der Waals surface area contributed by atoms with Gasteiger partial charge in [-0.15, -0.1) is 0 Å². The summed E-state index contributed by atoms with van der Waals surface area (Å²) in [6, 6.07) is 9.30.